The molecule has 2 N–H and O–H groups in total. The zero-order valence-corrected chi connectivity index (χ0v) is 20.8. The molecule has 0 amide bonds. The molecule has 6 rings (SSSR count). The Bertz CT molecular complexity index is 1520. The van der Waals surface area contributed by atoms with Gasteiger partial charge in [0, 0.05) is 48.7 Å². The third kappa shape index (κ3) is 4.51. The van der Waals surface area contributed by atoms with Crippen LogP contribution in [0, 0.1) is 0 Å². The van der Waals surface area contributed by atoms with E-state index in [4.69, 9.17) is 9.97 Å². The number of pyridine rings is 1. The molecule has 5 heterocycles. The Morgan fingerprint density at radius 3 is 2.71 bits per heavy atom. The van der Waals surface area contributed by atoms with E-state index in [9.17, 15) is 8.42 Å². The molecule has 35 heavy (non-hydrogen) atoms. The number of rotatable bonds is 6. The van der Waals surface area contributed by atoms with Crippen LogP contribution >= 0.6 is 11.3 Å². The molecule has 0 unspecified atom stereocenters. The molecule has 0 aliphatic carbocycles. The Kier molecular flexibility index (Phi) is 5.31. The van der Waals surface area contributed by atoms with Gasteiger partial charge >= 0.3 is 0 Å². The Morgan fingerprint density at radius 1 is 1.06 bits per heavy atom. The van der Waals surface area contributed by atoms with Crippen LogP contribution in [0.2, 0.25) is 0 Å². The lowest BCUT2D eigenvalue weighted by Gasteiger charge is -2.32. The minimum atomic E-state index is -3.35. The van der Waals surface area contributed by atoms with Crippen LogP contribution in [0.4, 0.5) is 23.1 Å². The predicted octanol–water partition coefficient (Wildman–Crippen LogP) is 3.16. The minimum absolute atomic E-state index is 0.489. The maximum atomic E-state index is 11.6. The van der Waals surface area contributed by atoms with Crippen molar-refractivity contribution in [3.63, 3.8) is 0 Å². The predicted molar refractivity (Wildman–Crippen MR) is 139 cm³/mol. The summed E-state index contributed by atoms with van der Waals surface area (Å²) in [6.07, 6.45) is 7.60. The number of nitrogens with one attached hydrogen (secondary N) is 2. The second-order valence-corrected chi connectivity index (χ2v) is 11.8. The van der Waals surface area contributed by atoms with Gasteiger partial charge in [0.05, 0.1) is 28.9 Å². The SMILES string of the molecule is CN1C[C@@H]2C[C@H]1CN2c1cncc(Nc2cc3nc(-c4cccc(NS(C)(=O)=O)c4)sc3cn2)n1. The summed E-state index contributed by atoms with van der Waals surface area (Å²) in [5.41, 5.74) is 2.13. The maximum Gasteiger partial charge on any atom is 0.229 e. The highest BCUT2D eigenvalue weighted by atomic mass is 32.2. The zero-order chi connectivity index (χ0) is 24.2. The number of hydrogen-bond donors (Lipinski definition) is 2. The molecule has 0 radical (unpaired) electrons. The summed E-state index contributed by atoms with van der Waals surface area (Å²) in [5.74, 6) is 2.16. The topological polar surface area (TPSA) is 116 Å². The first kappa shape index (κ1) is 22.1. The second-order valence-electron chi connectivity index (χ2n) is 9.03. The smallest absolute Gasteiger partial charge is 0.229 e. The average molecular weight is 509 g/mol. The van der Waals surface area contributed by atoms with Crippen molar-refractivity contribution in [1.82, 2.24) is 24.8 Å². The highest BCUT2D eigenvalue weighted by Gasteiger charge is 2.42. The number of fused-ring (bicyclic) bond motifs is 3. The van der Waals surface area contributed by atoms with E-state index in [2.05, 4.69) is 36.9 Å². The number of hydrogen-bond acceptors (Lipinski definition) is 10. The summed E-state index contributed by atoms with van der Waals surface area (Å²) < 4.78 is 26.6. The van der Waals surface area contributed by atoms with E-state index in [1.165, 1.54) is 17.8 Å². The van der Waals surface area contributed by atoms with Crippen LogP contribution in [0.15, 0.2) is 48.9 Å². The number of thiazole rings is 1. The summed E-state index contributed by atoms with van der Waals surface area (Å²) in [4.78, 5) is 23.2. The van der Waals surface area contributed by atoms with E-state index in [1.54, 1.807) is 30.6 Å². The van der Waals surface area contributed by atoms with Gasteiger partial charge in [-0.05, 0) is 25.6 Å². The number of piperazine rings is 1. The number of benzene rings is 1. The van der Waals surface area contributed by atoms with E-state index in [0.717, 1.165) is 46.0 Å². The first-order valence-corrected chi connectivity index (χ1v) is 13.9. The van der Waals surface area contributed by atoms with Gasteiger partial charge in [0.15, 0.2) is 5.82 Å². The number of sulfonamides is 1. The van der Waals surface area contributed by atoms with Crippen molar-refractivity contribution >= 4 is 54.7 Å². The number of anilines is 4. The van der Waals surface area contributed by atoms with Gasteiger partial charge in [-0.1, -0.05) is 12.1 Å². The Labute approximate surface area is 207 Å². The van der Waals surface area contributed by atoms with Gasteiger partial charge in [0.25, 0.3) is 0 Å². The first-order valence-electron chi connectivity index (χ1n) is 11.2. The Hall–Kier alpha value is -3.35. The van der Waals surface area contributed by atoms with Crippen molar-refractivity contribution in [3.05, 3.63) is 48.9 Å². The monoisotopic (exact) mass is 508 g/mol. The molecule has 12 heteroatoms. The van der Waals surface area contributed by atoms with Gasteiger partial charge in [-0.15, -0.1) is 11.3 Å². The van der Waals surface area contributed by atoms with Crippen LogP contribution < -0.4 is 14.9 Å². The van der Waals surface area contributed by atoms with Gasteiger partial charge in [-0.25, -0.2) is 23.4 Å². The highest BCUT2D eigenvalue weighted by Crippen LogP contribution is 2.34. The first-order chi connectivity index (χ1) is 16.8. The zero-order valence-electron chi connectivity index (χ0n) is 19.2. The molecule has 2 aliphatic heterocycles. The maximum absolute atomic E-state index is 11.6. The van der Waals surface area contributed by atoms with Crippen LogP contribution in [0.3, 0.4) is 0 Å². The highest BCUT2D eigenvalue weighted by molar-refractivity contribution is 7.92. The fourth-order valence-electron chi connectivity index (χ4n) is 4.79. The minimum Gasteiger partial charge on any atom is -0.349 e. The molecule has 4 aromatic rings. The quantitative estimate of drug-likeness (QED) is 0.405. The fourth-order valence-corrected chi connectivity index (χ4v) is 6.25. The molecule has 2 bridgehead atoms. The van der Waals surface area contributed by atoms with Crippen molar-refractivity contribution in [2.45, 2.75) is 18.5 Å². The van der Waals surface area contributed by atoms with Crippen LogP contribution in [-0.4, -0.2) is 71.7 Å². The van der Waals surface area contributed by atoms with E-state index >= 15 is 0 Å². The van der Waals surface area contributed by atoms with Gasteiger partial charge in [-0.3, -0.25) is 14.6 Å². The van der Waals surface area contributed by atoms with Gasteiger partial charge in [0.1, 0.15) is 16.6 Å². The van der Waals surface area contributed by atoms with Crippen molar-refractivity contribution < 1.29 is 8.42 Å². The molecule has 0 saturated carbocycles. The Morgan fingerprint density at radius 2 is 1.94 bits per heavy atom. The van der Waals surface area contributed by atoms with E-state index in [1.807, 2.05) is 18.3 Å². The molecule has 2 aliphatic rings. The van der Waals surface area contributed by atoms with Crippen molar-refractivity contribution in [1.29, 1.82) is 0 Å². The molecule has 2 atom stereocenters. The third-order valence-corrected chi connectivity index (χ3v) is 8.04. The average Bonchev–Trinajstić information content (AvgIpc) is 3.51. The lowest BCUT2D eigenvalue weighted by molar-refractivity contribution is 0.292. The number of aromatic nitrogens is 4. The lowest BCUT2D eigenvalue weighted by atomic mass is 10.2. The van der Waals surface area contributed by atoms with Gasteiger partial charge in [0.2, 0.25) is 10.0 Å². The molecular formula is C23H24N8O2S2. The molecule has 2 fully saturated rings. The van der Waals surface area contributed by atoms with E-state index < -0.39 is 10.0 Å². The lowest BCUT2D eigenvalue weighted by Crippen LogP contribution is -2.44. The van der Waals surface area contributed by atoms with Crippen LogP contribution in [0.5, 0.6) is 0 Å². The second kappa shape index (κ2) is 8.40. The third-order valence-electron chi connectivity index (χ3n) is 6.37. The van der Waals surface area contributed by atoms with Crippen molar-refractivity contribution in [2.24, 2.45) is 0 Å². The van der Waals surface area contributed by atoms with Crippen LogP contribution in [0.25, 0.3) is 20.8 Å². The molecular weight excluding hydrogens is 484 g/mol. The normalized spacial score (nSPS) is 20.0. The summed E-state index contributed by atoms with van der Waals surface area (Å²) in [6, 6.07) is 10.2. The summed E-state index contributed by atoms with van der Waals surface area (Å²) in [7, 11) is -1.17. The van der Waals surface area contributed by atoms with Crippen LogP contribution in [-0.2, 0) is 10.0 Å². The number of likely N-dealkylation sites (N-methyl/N-ethyl adjacent to an activating group) is 1. The van der Waals surface area contributed by atoms with E-state index in [-0.39, 0.29) is 0 Å². The standard InChI is InChI=1S/C23H24N8O2S2/c1-30-12-17-7-16(30)13-31(17)22-11-24-10-21(28-22)27-20-8-18-19(9-25-20)34-23(26-18)14-4-3-5-15(6-14)29-35(2,32)33/h3-6,8-11,16-17,29H,7,12-13H2,1-2H3,(H,25,27,28)/t16-,17-/m0/s1. The molecule has 3 aromatic heterocycles. The van der Waals surface area contributed by atoms with E-state index in [0.29, 0.717) is 29.4 Å². The molecule has 1 aromatic carbocycles. The number of likely N-dealkylation sites (tertiary alicyclic amines) is 1. The molecule has 2 saturated heterocycles. The molecule has 0 spiro atoms. The largest absolute Gasteiger partial charge is 0.349 e. The fraction of sp³-hybridized carbons (Fsp3) is 0.304. The van der Waals surface area contributed by atoms with Crippen molar-refractivity contribution in [3.8, 4) is 10.6 Å². The molecule has 10 nitrogen and oxygen atoms in total. The summed E-state index contributed by atoms with van der Waals surface area (Å²) >= 11 is 1.50. The van der Waals surface area contributed by atoms with Gasteiger partial charge in [-0.2, -0.15) is 0 Å². The Balaban J connectivity index is 1.22. The summed E-state index contributed by atoms with van der Waals surface area (Å²) in [6.45, 7) is 2.04. The molecule has 180 valence electrons. The van der Waals surface area contributed by atoms with Crippen molar-refractivity contribution in [2.75, 3.05) is 41.3 Å². The van der Waals surface area contributed by atoms with Gasteiger partial charge < -0.3 is 10.2 Å². The summed E-state index contributed by atoms with van der Waals surface area (Å²) in [5, 5.41) is 4.05. The van der Waals surface area contributed by atoms with Crippen LogP contribution in [0.1, 0.15) is 6.42 Å². The number of nitrogens with zero attached hydrogens (tertiary/aromatic N) is 6.